The van der Waals surface area contributed by atoms with E-state index in [1.807, 2.05) is 0 Å². The number of nitrogens with zero attached hydrogens (tertiary/aromatic N) is 1. The molecule has 0 heterocycles. The summed E-state index contributed by atoms with van der Waals surface area (Å²) in [5.41, 5.74) is 0. The SMILES string of the molecule is CCCCCCCCCCCCCCCCCCCCCCN(C)C1CCCCCCCCCCC1. The van der Waals surface area contributed by atoms with E-state index in [2.05, 4.69) is 18.9 Å². The van der Waals surface area contributed by atoms with Crippen LogP contribution in [0.1, 0.15) is 206 Å². The van der Waals surface area contributed by atoms with Crippen LogP contribution in [0.3, 0.4) is 0 Å². The van der Waals surface area contributed by atoms with Crippen LogP contribution in [0.25, 0.3) is 0 Å². The van der Waals surface area contributed by atoms with Gasteiger partial charge in [-0.3, -0.25) is 0 Å². The van der Waals surface area contributed by atoms with E-state index in [9.17, 15) is 0 Å². The lowest BCUT2D eigenvalue weighted by molar-refractivity contribution is 0.204. The van der Waals surface area contributed by atoms with Crippen LogP contribution in [-0.2, 0) is 0 Å². The number of rotatable bonds is 22. The Bertz CT molecular complexity index is 393. The summed E-state index contributed by atoms with van der Waals surface area (Å²) in [5.74, 6) is 0. The normalized spacial score (nSPS) is 16.8. The van der Waals surface area contributed by atoms with Crippen molar-refractivity contribution < 1.29 is 0 Å². The summed E-state index contributed by atoms with van der Waals surface area (Å²) in [4.78, 5) is 2.74. The third-order valence-electron chi connectivity index (χ3n) is 9.06. The van der Waals surface area contributed by atoms with Gasteiger partial charge in [0.1, 0.15) is 0 Å². The Balaban J connectivity index is 1.83. The van der Waals surface area contributed by atoms with E-state index in [-0.39, 0.29) is 0 Å². The maximum atomic E-state index is 2.74. The third kappa shape index (κ3) is 23.1. The molecule has 0 bridgehead atoms. The van der Waals surface area contributed by atoms with E-state index in [4.69, 9.17) is 0 Å². The zero-order valence-electron chi connectivity index (χ0n) is 25.7. The molecule has 0 saturated heterocycles. The molecule has 0 spiro atoms. The van der Waals surface area contributed by atoms with Crippen LogP contribution in [0.5, 0.6) is 0 Å². The molecule has 0 aromatic rings. The first-order valence-electron chi connectivity index (χ1n) is 17.5. The fraction of sp³-hybridized carbons (Fsp3) is 1.00. The highest BCUT2D eigenvalue weighted by Crippen LogP contribution is 2.21. The zero-order chi connectivity index (χ0) is 25.8. The molecule has 1 heteroatoms. The van der Waals surface area contributed by atoms with Gasteiger partial charge in [0, 0.05) is 6.04 Å². The smallest absolute Gasteiger partial charge is 0.00922 e. The topological polar surface area (TPSA) is 3.24 Å². The average molecular weight is 506 g/mol. The van der Waals surface area contributed by atoms with E-state index in [0.717, 1.165) is 6.04 Å². The minimum atomic E-state index is 0.866. The van der Waals surface area contributed by atoms with Crippen LogP contribution in [0.15, 0.2) is 0 Å². The summed E-state index contributed by atoms with van der Waals surface area (Å²) in [7, 11) is 2.42. The fourth-order valence-corrected chi connectivity index (χ4v) is 6.38. The summed E-state index contributed by atoms with van der Waals surface area (Å²) < 4.78 is 0. The van der Waals surface area contributed by atoms with Gasteiger partial charge in [-0.1, -0.05) is 187 Å². The van der Waals surface area contributed by atoms with Gasteiger partial charge < -0.3 is 4.90 Å². The molecule has 0 amide bonds. The summed E-state index contributed by atoms with van der Waals surface area (Å²) >= 11 is 0. The van der Waals surface area contributed by atoms with Gasteiger partial charge in [-0.15, -0.1) is 0 Å². The van der Waals surface area contributed by atoms with Gasteiger partial charge in [0.15, 0.2) is 0 Å². The molecular formula is C35H71N. The predicted octanol–water partition coefficient (Wildman–Crippen LogP) is 12.4. The molecule has 0 atom stereocenters. The van der Waals surface area contributed by atoms with E-state index in [1.54, 1.807) is 0 Å². The highest BCUT2D eigenvalue weighted by Gasteiger charge is 2.14. The van der Waals surface area contributed by atoms with Gasteiger partial charge in [0.2, 0.25) is 0 Å². The van der Waals surface area contributed by atoms with Gasteiger partial charge in [0.05, 0.1) is 0 Å². The quantitative estimate of drug-likeness (QED) is 0.132. The van der Waals surface area contributed by atoms with Crippen LogP contribution >= 0.6 is 0 Å². The van der Waals surface area contributed by atoms with E-state index in [1.165, 1.54) is 206 Å². The van der Waals surface area contributed by atoms with Crippen LogP contribution in [0.4, 0.5) is 0 Å². The lowest BCUT2D eigenvalue weighted by Crippen LogP contribution is -2.32. The average Bonchev–Trinajstić information content (AvgIpc) is 2.87. The summed E-state index contributed by atoms with van der Waals surface area (Å²) in [6.07, 6.45) is 45.7. The molecule has 0 aliphatic heterocycles. The maximum Gasteiger partial charge on any atom is 0.00922 e. The second-order valence-electron chi connectivity index (χ2n) is 12.6. The van der Waals surface area contributed by atoms with Crippen molar-refractivity contribution in [2.24, 2.45) is 0 Å². The third-order valence-corrected chi connectivity index (χ3v) is 9.06. The molecular weight excluding hydrogens is 434 g/mol. The van der Waals surface area contributed by atoms with Gasteiger partial charge in [-0.2, -0.15) is 0 Å². The molecule has 1 rings (SSSR count). The molecule has 0 N–H and O–H groups in total. The van der Waals surface area contributed by atoms with E-state index in [0.29, 0.717) is 0 Å². The molecule has 36 heavy (non-hydrogen) atoms. The minimum Gasteiger partial charge on any atom is -0.303 e. The molecule has 216 valence electrons. The Morgan fingerprint density at radius 2 is 0.667 bits per heavy atom. The van der Waals surface area contributed by atoms with Gasteiger partial charge in [0.25, 0.3) is 0 Å². The van der Waals surface area contributed by atoms with Crippen molar-refractivity contribution in [2.75, 3.05) is 13.6 Å². The second kappa shape index (κ2) is 28.0. The fourth-order valence-electron chi connectivity index (χ4n) is 6.38. The first-order valence-corrected chi connectivity index (χ1v) is 17.5. The first kappa shape index (κ1) is 34.0. The highest BCUT2D eigenvalue weighted by molar-refractivity contribution is 4.70. The van der Waals surface area contributed by atoms with Crippen molar-refractivity contribution in [1.82, 2.24) is 4.90 Å². The Morgan fingerprint density at radius 3 is 1.00 bits per heavy atom. The number of hydrogen-bond donors (Lipinski definition) is 0. The molecule has 1 fully saturated rings. The number of hydrogen-bond acceptors (Lipinski definition) is 1. The van der Waals surface area contributed by atoms with Crippen LogP contribution in [0.2, 0.25) is 0 Å². The van der Waals surface area contributed by atoms with Crippen molar-refractivity contribution >= 4 is 0 Å². The molecule has 1 saturated carbocycles. The lowest BCUT2D eigenvalue weighted by atomic mass is 9.97. The zero-order valence-corrected chi connectivity index (χ0v) is 25.7. The molecule has 1 aliphatic carbocycles. The Labute approximate surface area is 230 Å². The summed E-state index contributed by atoms with van der Waals surface area (Å²) in [6.45, 7) is 3.65. The Kier molecular flexibility index (Phi) is 26.4. The van der Waals surface area contributed by atoms with Gasteiger partial charge in [-0.25, -0.2) is 0 Å². The summed E-state index contributed by atoms with van der Waals surface area (Å²) in [6, 6.07) is 0.866. The van der Waals surface area contributed by atoms with E-state index < -0.39 is 0 Å². The molecule has 0 radical (unpaired) electrons. The summed E-state index contributed by atoms with van der Waals surface area (Å²) in [5, 5.41) is 0. The molecule has 0 aromatic carbocycles. The Hall–Kier alpha value is -0.0400. The standard InChI is InChI=1S/C35H71N/c1-3-4-5-6-7-8-9-10-11-12-13-14-15-16-17-18-22-25-28-31-34-36(2)35-32-29-26-23-20-19-21-24-27-30-33-35/h35H,3-34H2,1-2H3. The minimum absolute atomic E-state index is 0.866. The number of unbranched alkanes of at least 4 members (excludes halogenated alkanes) is 19. The Morgan fingerprint density at radius 1 is 0.389 bits per heavy atom. The van der Waals surface area contributed by atoms with Crippen molar-refractivity contribution in [2.45, 2.75) is 212 Å². The van der Waals surface area contributed by atoms with Crippen molar-refractivity contribution in [3.63, 3.8) is 0 Å². The van der Waals surface area contributed by atoms with Crippen LogP contribution in [0, 0.1) is 0 Å². The van der Waals surface area contributed by atoms with Gasteiger partial charge in [-0.05, 0) is 32.9 Å². The van der Waals surface area contributed by atoms with Crippen molar-refractivity contribution in [3.05, 3.63) is 0 Å². The predicted molar refractivity (Wildman–Crippen MR) is 165 cm³/mol. The second-order valence-corrected chi connectivity index (χ2v) is 12.6. The molecule has 0 aromatic heterocycles. The lowest BCUT2D eigenvalue weighted by Gasteiger charge is -2.28. The van der Waals surface area contributed by atoms with Gasteiger partial charge >= 0.3 is 0 Å². The maximum absolute atomic E-state index is 2.74. The molecule has 1 aliphatic rings. The molecule has 1 nitrogen and oxygen atoms in total. The highest BCUT2D eigenvalue weighted by atomic mass is 15.1. The van der Waals surface area contributed by atoms with Crippen molar-refractivity contribution in [1.29, 1.82) is 0 Å². The van der Waals surface area contributed by atoms with E-state index >= 15 is 0 Å². The van der Waals surface area contributed by atoms with Crippen LogP contribution < -0.4 is 0 Å². The van der Waals surface area contributed by atoms with Crippen LogP contribution in [-0.4, -0.2) is 24.5 Å². The molecule has 0 unspecified atom stereocenters. The first-order chi connectivity index (χ1) is 17.8. The van der Waals surface area contributed by atoms with Crippen molar-refractivity contribution in [3.8, 4) is 0 Å². The largest absolute Gasteiger partial charge is 0.303 e. The monoisotopic (exact) mass is 506 g/mol.